The summed E-state index contributed by atoms with van der Waals surface area (Å²) in [6, 6.07) is 0. The van der Waals surface area contributed by atoms with Gasteiger partial charge < -0.3 is 20.1 Å². The minimum Gasteiger partial charge on any atom is -0.379 e. The summed E-state index contributed by atoms with van der Waals surface area (Å²) in [4.78, 5) is 14.2. The lowest BCUT2D eigenvalue weighted by Gasteiger charge is -2.10. The maximum atomic E-state index is 8.70. The highest BCUT2D eigenvalue weighted by molar-refractivity contribution is 8.93. The highest BCUT2D eigenvalue weighted by atomic mass is 79.9. The molecule has 0 aromatic carbocycles. The fraction of sp³-hybridized carbons (Fsp3) is 1.00. The quantitative estimate of drug-likeness (QED) is 0.439. The predicted octanol–water partition coefficient (Wildman–Crippen LogP) is -0.581. The van der Waals surface area contributed by atoms with Crippen LogP contribution >= 0.6 is 25.2 Å². The van der Waals surface area contributed by atoms with Gasteiger partial charge in [0, 0.05) is 30.7 Å². The Bertz CT molecular complexity index is 131. The Morgan fingerprint density at radius 2 is 1.06 bits per heavy atom. The van der Waals surface area contributed by atoms with Gasteiger partial charge in [-0.05, 0) is 0 Å². The summed E-state index contributed by atoms with van der Waals surface area (Å²) in [6.45, 7) is 7.67. The number of rotatable bonds is 0. The lowest BCUT2D eigenvalue weighted by Crippen LogP contribution is -2.30. The molecular formula is C8H21BrN2O5P+. The number of halogens is 1. The molecule has 0 aromatic rings. The van der Waals surface area contributed by atoms with E-state index in [1.165, 1.54) is 0 Å². The van der Waals surface area contributed by atoms with Crippen LogP contribution in [0.5, 0.6) is 0 Å². The summed E-state index contributed by atoms with van der Waals surface area (Å²) in [5, 5.41) is 6.32. The van der Waals surface area contributed by atoms with Crippen molar-refractivity contribution in [3.8, 4) is 0 Å². The minimum absolute atomic E-state index is 0. The van der Waals surface area contributed by atoms with Crippen molar-refractivity contribution in [3.05, 3.63) is 0 Å². The van der Waals surface area contributed by atoms with Gasteiger partial charge in [0.1, 0.15) is 0 Å². The number of hydrogen-bond acceptors (Lipinski definition) is 5. The molecule has 0 spiro atoms. The van der Waals surface area contributed by atoms with Gasteiger partial charge in [-0.1, -0.05) is 0 Å². The summed E-state index contributed by atoms with van der Waals surface area (Å²) in [7, 11) is -2.87. The zero-order valence-corrected chi connectivity index (χ0v) is 12.2. The summed E-state index contributed by atoms with van der Waals surface area (Å²) < 4.78 is 18.7. The first kappa shape index (κ1) is 19.7. The van der Waals surface area contributed by atoms with E-state index in [4.69, 9.17) is 23.8 Å². The third-order valence-electron chi connectivity index (χ3n) is 1.69. The van der Waals surface area contributed by atoms with Crippen LogP contribution in [-0.2, 0) is 14.0 Å². The van der Waals surface area contributed by atoms with Gasteiger partial charge in [-0.25, -0.2) is 0 Å². The van der Waals surface area contributed by atoms with Crippen LogP contribution in [0.1, 0.15) is 0 Å². The molecule has 2 fully saturated rings. The number of morpholine rings is 2. The zero-order valence-electron chi connectivity index (χ0n) is 9.63. The molecule has 0 aliphatic carbocycles. The van der Waals surface area contributed by atoms with E-state index in [2.05, 4.69) is 10.6 Å². The third-order valence-corrected chi connectivity index (χ3v) is 1.69. The van der Waals surface area contributed by atoms with Gasteiger partial charge in [-0.2, -0.15) is 0 Å². The van der Waals surface area contributed by atoms with Gasteiger partial charge in [0.25, 0.3) is 0 Å². The standard InChI is InChI=1S/2C4H9NO.BrH.HO3P/c2*1-3-6-4-2-5-1;;1-4(2)3/h2*5H,1-4H2;1H;(H-,1,2,3)/p+1. The molecule has 2 heterocycles. The SMILES string of the molecule is Br.C1COCCN1.C1COCCN1.O=[P+](O)O. The van der Waals surface area contributed by atoms with Crippen LogP contribution in [0.4, 0.5) is 0 Å². The second-order valence-electron chi connectivity index (χ2n) is 2.98. The minimum atomic E-state index is -2.87. The van der Waals surface area contributed by atoms with E-state index < -0.39 is 8.25 Å². The highest BCUT2D eigenvalue weighted by Crippen LogP contribution is 1.98. The molecule has 2 aliphatic rings. The van der Waals surface area contributed by atoms with Gasteiger partial charge in [0.05, 0.1) is 26.4 Å². The van der Waals surface area contributed by atoms with E-state index in [0.717, 1.165) is 52.6 Å². The monoisotopic (exact) mass is 335 g/mol. The van der Waals surface area contributed by atoms with Crippen molar-refractivity contribution < 1.29 is 23.8 Å². The molecule has 0 unspecified atom stereocenters. The van der Waals surface area contributed by atoms with Gasteiger partial charge >= 0.3 is 8.25 Å². The third kappa shape index (κ3) is 22.1. The average molecular weight is 336 g/mol. The van der Waals surface area contributed by atoms with Gasteiger partial charge in [0.2, 0.25) is 0 Å². The molecule has 104 valence electrons. The summed E-state index contributed by atoms with van der Waals surface area (Å²) in [5.41, 5.74) is 0. The fourth-order valence-corrected chi connectivity index (χ4v) is 1.03. The largest absolute Gasteiger partial charge is 0.692 e. The lowest BCUT2D eigenvalue weighted by atomic mass is 10.5. The molecule has 0 saturated carbocycles. The fourth-order valence-electron chi connectivity index (χ4n) is 1.03. The van der Waals surface area contributed by atoms with Crippen molar-refractivity contribution in [1.82, 2.24) is 10.6 Å². The van der Waals surface area contributed by atoms with Crippen LogP contribution in [0.2, 0.25) is 0 Å². The van der Waals surface area contributed by atoms with E-state index in [1.54, 1.807) is 0 Å². The van der Waals surface area contributed by atoms with E-state index in [0.29, 0.717) is 0 Å². The second-order valence-corrected chi connectivity index (χ2v) is 3.48. The lowest BCUT2D eigenvalue weighted by molar-refractivity contribution is 0.109. The maximum Gasteiger partial charge on any atom is 0.692 e. The molecule has 0 bridgehead atoms. The Morgan fingerprint density at radius 1 is 0.824 bits per heavy atom. The van der Waals surface area contributed by atoms with Crippen LogP contribution in [0.25, 0.3) is 0 Å². The molecular weight excluding hydrogens is 315 g/mol. The van der Waals surface area contributed by atoms with Crippen LogP contribution in [0.3, 0.4) is 0 Å². The van der Waals surface area contributed by atoms with Crippen molar-refractivity contribution in [2.45, 2.75) is 0 Å². The molecule has 2 saturated heterocycles. The van der Waals surface area contributed by atoms with Crippen LogP contribution in [0.15, 0.2) is 0 Å². The van der Waals surface area contributed by atoms with E-state index >= 15 is 0 Å². The topological polar surface area (TPSA) is 100 Å². The number of ether oxygens (including phenoxy) is 2. The first-order chi connectivity index (χ1) is 7.73. The van der Waals surface area contributed by atoms with Crippen LogP contribution in [-0.4, -0.2) is 62.4 Å². The van der Waals surface area contributed by atoms with Crippen molar-refractivity contribution in [3.63, 3.8) is 0 Å². The summed E-state index contributed by atoms with van der Waals surface area (Å²) in [6.07, 6.45) is 0. The Morgan fingerprint density at radius 3 is 1.12 bits per heavy atom. The molecule has 2 rings (SSSR count). The van der Waals surface area contributed by atoms with Crippen LogP contribution in [0, 0.1) is 0 Å². The Labute approximate surface area is 113 Å². The highest BCUT2D eigenvalue weighted by Gasteiger charge is 1.93. The number of hydrogen-bond donors (Lipinski definition) is 4. The normalized spacial score (nSPS) is 18.5. The predicted molar refractivity (Wildman–Crippen MR) is 69.7 cm³/mol. The Hall–Kier alpha value is 0.340. The Kier molecular flexibility index (Phi) is 18.9. The van der Waals surface area contributed by atoms with Crippen molar-refractivity contribution in [2.24, 2.45) is 0 Å². The van der Waals surface area contributed by atoms with E-state index in [-0.39, 0.29) is 17.0 Å². The molecule has 0 atom stereocenters. The van der Waals surface area contributed by atoms with Gasteiger partial charge in [-0.3, -0.25) is 0 Å². The van der Waals surface area contributed by atoms with Gasteiger partial charge in [-0.15, -0.1) is 26.8 Å². The van der Waals surface area contributed by atoms with Crippen molar-refractivity contribution >= 4 is 25.2 Å². The molecule has 9 heteroatoms. The molecule has 17 heavy (non-hydrogen) atoms. The molecule has 4 N–H and O–H groups in total. The van der Waals surface area contributed by atoms with E-state index in [9.17, 15) is 0 Å². The smallest absolute Gasteiger partial charge is 0.379 e. The molecule has 0 amide bonds. The van der Waals surface area contributed by atoms with Crippen molar-refractivity contribution in [1.29, 1.82) is 0 Å². The molecule has 2 aliphatic heterocycles. The Balaban J connectivity index is 0. The molecule has 0 radical (unpaired) electrons. The first-order valence-electron chi connectivity index (χ1n) is 5.15. The summed E-state index contributed by atoms with van der Waals surface area (Å²) in [5.74, 6) is 0. The first-order valence-corrected chi connectivity index (χ1v) is 6.32. The van der Waals surface area contributed by atoms with E-state index in [1.807, 2.05) is 0 Å². The summed E-state index contributed by atoms with van der Waals surface area (Å²) >= 11 is 0. The van der Waals surface area contributed by atoms with Crippen LogP contribution < -0.4 is 10.6 Å². The van der Waals surface area contributed by atoms with Crippen molar-refractivity contribution in [2.75, 3.05) is 52.6 Å². The van der Waals surface area contributed by atoms with Gasteiger partial charge in [0.15, 0.2) is 0 Å². The maximum absolute atomic E-state index is 8.70. The second kappa shape index (κ2) is 16.3. The number of nitrogens with one attached hydrogen (secondary N) is 2. The average Bonchev–Trinajstić information content (AvgIpc) is 2.34. The molecule has 7 nitrogen and oxygen atoms in total. The zero-order chi connectivity index (χ0) is 12.1. The molecule has 0 aromatic heterocycles.